The van der Waals surface area contributed by atoms with Gasteiger partial charge in [0.05, 0.1) is 6.61 Å². The lowest BCUT2D eigenvalue weighted by Crippen LogP contribution is -2.48. The monoisotopic (exact) mass is 312 g/mol. The molecule has 1 heterocycles. The third-order valence-electron chi connectivity index (χ3n) is 3.30. The van der Waals surface area contributed by atoms with E-state index in [-0.39, 0.29) is 12.5 Å². The predicted octanol–water partition coefficient (Wildman–Crippen LogP) is 1.61. The summed E-state index contributed by atoms with van der Waals surface area (Å²) in [5.41, 5.74) is 2.02. The number of nitrogens with zero attached hydrogens (tertiary/aromatic N) is 2. The Morgan fingerprint density at radius 2 is 2.00 bits per heavy atom. The number of halogens is 1. The predicted molar refractivity (Wildman–Crippen MR) is 74.5 cm³/mol. The maximum absolute atomic E-state index is 11.3. The van der Waals surface area contributed by atoms with Crippen molar-refractivity contribution in [3.63, 3.8) is 0 Å². The second kappa shape index (κ2) is 5.71. The van der Waals surface area contributed by atoms with Crippen molar-refractivity contribution in [1.82, 2.24) is 4.90 Å². The zero-order chi connectivity index (χ0) is 13.1. The molecule has 0 radical (unpaired) electrons. The second-order valence-electron chi connectivity index (χ2n) is 4.43. The largest absolute Gasteiger partial charge is 0.392 e. The number of anilines is 1. The number of carbonyl (C=O) groups excluding carboxylic acids is 1. The molecule has 0 atom stereocenters. The van der Waals surface area contributed by atoms with E-state index >= 15 is 0 Å². The number of amides is 1. The Hall–Kier alpha value is -1.07. The van der Waals surface area contributed by atoms with E-state index in [2.05, 4.69) is 20.8 Å². The van der Waals surface area contributed by atoms with Crippen molar-refractivity contribution in [2.24, 2.45) is 0 Å². The first-order valence-electron chi connectivity index (χ1n) is 6.01. The van der Waals surface area contributed by atoms with Gasteiger partial charge in [-0.25, -0.2) is 0 Å². The fraction of sp³-hybridized carbons (Fsp3) is 0.462. The molecular formula is C13H17BrN2O2. The summed E-state index contributed by atoms with van der Waals surface area (Å²) in [6.45, 7) is 4.90. The summed E-state index contributed by atoms with van der Waals surface area (Å²) in [5.74, 6) is 0.145. The molecule has 2 rings (SSSR count). The van der Waals surface area contributed by atoms with E-state index in [9.17, 15) is 4.79 Å². The van der Waals surface area contributed by atoms with Crippen LogP contribution in [0.4, 0.5) is 5.69 Å². The molecule has 1 aliphatic rings. The number of piperazine rings is 1. The molecule has 98 valence electrons. The Labute approximate surface area is 115 Å². The highest BCUT2D eigenvalue weighted by atomic mass is 79.9. The number of hydrogen-bond donors (Lipinski definition) is 1. The highest BCUT2D eigenvalue weighted by molar-refractivity contribution is 9.10. The number of aliphatic hydroxyl groups excluding tert-OH is 1. The molecule has 1 fully saturated rings. The van der Waals surface area contributed by atoms with Crippen LogP contribution in [-0.2, 0) is 11.4 Å². The molecule has 0 saturated carbocycles. The second-order valence-corrected chi connectivity index (χ2v) is 5.28. The smallest absolute Gasteiger partial charge is 0.219 e. The van der Waals surface area contributed by atoms with E-state index in [4.69, 9.17) is 5.11 Å². The number of rotatable bonds is 2. The number of benzene rings is 1. The average molecular weight is 313 g/mol. The van der Waals surface area contributed by atoms with Crippen molar-refractivity contribution < 1.29 is 9.90 Å². The zero-order valence-electron chi connectivity index (χ0n) is 10.4. The average Bonchev–Trinajstić information content (AvgIpc) is 2.38. The number of aliphatic hydroxyl groups is 1. The Bertz CT molecular complexity index is 443. The summed E-state index contributed by atoms with van der Waals surface area (Å²) < 4.78 is 0.927. The topological polar surface area (TPSA) is 43.8 Å². The molecule has 1 saturated heterocycles. The van der Waals surface area contributed by atoms with Gasteiger partial charge in [-0.2, -0.15) is 0 Å². The van der Waals surface area contributed by atoms with Gasteiger partial charge in [-0.05, 0) is 17.7 Å². The van der Waals surface area contributed by atoms with Crippen LogP contribution < -0.4 is 4.90 Å². The number of hydrogen-bond acceptors (Lipinski definition) is 3. The van der Waals surface area contributed by atoms with Gasteiger partial charge in [0.2, 0.25) is 5.91 Å². The standard InChI is InChI=1S/C13H17BrN2O2/c1-10(18)15-4-6-16(7-5-15)12-3-2-11(9-17)13(14)8-12/h2-3,8,17H,4-7,9H2,1H3. The van der Waals surface area contributed by atoms with Crippen LogP contribution in [0.25, 0.3) is 0 Å². The van der Waals surface area contributed by atoms with Gasteiger partial charge in [-0.1, -0.05) is 22.0 Å². The van der Waals surface area contributed by atoms with E-state index in [1.165, 1.54) is 0 Å². The van der Waals surface area contributed by atoms with Gasteiger partial charge in [0, 0.05) is 43.3 Å². The SMILES string of the molecule is CC(=O)N1CCN(c2ccc(CO)c(Br)c2)CC1. The van der Waals surface area contributed by atoms with Crippen LogP contribution in [0, 0.1) is 0 Å². The lowest BCUT2D eigenvalue weighted by molar-refractivity contribution is -0.129. The first-order chi connectivity index (χ1) is 8.61. The van der Waals surface area contributed by atoms with Crippen LogP contribution in [0.2, 0.25) is 0 Å². The fourth-order valence-corrected chi connectivity index (χ4v) is 2.63. The molecule has 5 heteroatoms. The van der Waals surface area contributed by atoms with Crippen LogP contribution in [0.15, 0.2) is 22.7 Å². The molecule has 0 unspecified atom stereocenters. The van der Waals surface area contributed by atoms with Crippen molar-refractivity contribution in [1.29, 1.82) is 0 Å². The van der Waals surface area contributed by atoms with Gasteiger partial charge in [-0.3, -0.25) is 4.79 Å². The van der Waals surface area contributed by atoms with E-state index < -0.39 is 0 Å². The number of carbonyl (C=O) groups is 1. The van der Waals surface area contributed by atoms with Crippen molar-refractivity contribution in [2.45, 2.75) is 13.5 Å². The van der Waals surface area contributed by atoms with Gasteiger partial charge < -0.3 is 14.9 Å². The Kier molecular flexibility index (Phi) is 4.24. The Morgan fingerprint density at radius 1 is 1.33 bits per heavy atom. The van der Waals surface area contributed by atoms with Crippen molar-refractivity contribution in [2.75, 3.05) is 31.1 Å². The molecule has 1 aromatic rings. The first-order valence-corrected chi connectivity index (χ1v) is 6.81. The molecule has 1 N–H and O–H groups in total. The van der Waals surface area contributed by atoms with Crippen LogP contribution in [0.5, 0.6) is 0 Å². The van der Waals surface area contributed by atoms with Crippen molar-refractivity contribution >= 4 is 27.5 Å². The van der Waals surface area contributed by atoms with Gasteiger partial charge in [0.15, 0.2) is 0 Å². The lowest BCUT2D eigenvalue weighted by Gasteiger charge is -2.35. The minimum absolute atomic E-state index is 0.0407. The van der Waals surface area contributed by atoms with E-state index in [1.807, 2.05) is 23.1 Å². The summed E-state index contributed by atoms with van der Waals surface area (Å²) in [7, 11) is 0. The summed E-state index contributed by atoms with van der Waals surface area (Å²) in [6, 6.07) is 5.96. The van der Waals surface area contributed by atoms with E-state index in [0.717, 1.165) is 41.9 Å². The molecule has 1 amide bonds. The maximum atomic E-state index is 11.3. The van der Waals surface area contributed by atoms with Crippen molar-refractivity contribution in [3.05, 3.63) is 28.2 Å². The molecule has 0 spiro atoms. The summed E-state index contributed by atoms with van der Waals surface area (Å²) >= 11 is 3.46. The van der Waals surface area contributed by atoms with Crippen LogP contribution in [-0.4, -0.2) is 42.1 Å². The minimum Gasteiger partial charge on any atom is -0.392 e. The quantitative estimate of drug-likeness (QED) is 0.902. The summed E-state index contributed by atoms with van der Waals surface area (Å²) in [6.07, 6.45) is 0. The fourth-order valence-electron chi connectivity index (χ4n) is 2.14. The van der Waals surface area contributed by atoms with Crippen LogP contribution in [0.1, 0.15) is 12.5 Å². The van der Waals surface area contributed by atoms with Gasteiger partial charge in [0.1, 0.15) is 0 Å². The first kappa shape index (κ1) is 13.4. The molecule has 4 nitrogen and oxygen atoms in total. The third kappa shape index (κ3) is 2.84. The molecule has 0 aromatic heterocycles. The zero-order valence-corrected chi connectivity index (χ0v) is 12.0. The maximum Gasteiger partial charge on any atom is 0.219 e. The van der Waals surface area contributed by atoms with E-state index in [0.29, 0.717) is 0 Å². The summed E-state index contributed by atoms with van der Waals surface area (Å²) in [5, 5.41) is 9.13. The highest BCUT2D eigenvalue weighted by Crippen LogP contribution is 2.25. The molecule has 1 aromatic carbocycles. The van der Waals surface area contributed by atoms with E-state index in [1.54, 1.807) is 6.92 Å². The Morgan fingerprint density at radius 3 is 2.50 bits per heavy atom. The van der Waals surface area contributed by atoms with Gasteiger partial charge in [-0.15, -0.1) is 0 Å². The van der Waals surface area contributed by atoms with Crippen LogP contribution >= 0.6 is 15.9 Å². The molecule has 0 bridgehead atoms. The molecule has 0 aliphatic carbocycles. The van der Waals surface area contributed by atoms with Crippen molar-refractivity contribution in [3.8, 4) is 0 Å². The summed E-state index contributed by atoms with van der Waals surface area (Å²) in [4.78, 5) is 15.4. The molecule has 1 aliphatic heterocycles. The lowest BCUT2D eigenvalue weighted by atomic mass is 10.2. The normalized spacial score (nSPS) is 15.9. The molecule has 18 heavy (non-hydrogen) atoms. The third-order valence-corrected chi connectivity index (χ3v) is 4.04. The molecular weight excluding hydrogens is 296 g/mol. The minimum atomic E-state index is 0.0407. The Balaban J connectivity index is 2.05. The van der Waals surface area contributed by atoms with Gasteiger partial charge in [0.25, 0.3) is 0 Å². The highest BCUT2D eigenvalue weighted by Gasteiger charge is 2.19. The van der Waals surface area contributed by atoms with Gasteiger partial charge >= 0.3 is 0 Å². The van der Waals surface area contributed by atoms with Crippen LogP contribution in [0.3, 0.4) is 0 Å².